The van der Waals surface area contributed by atoms with E-state index in [0.717, 1.165) is 13.0 Å². The minimum Gasteiger partial charge on any atom is -0.357 e. The molecule has 1 heterocycles. The lowest BCUT2D eigenvalue weighted by Crippen LogP contribution is -2.45. The van der Waals surface area contributed by atoms with Gasteiger partial charge in [0, 0.05) is 38.1 Å². The van der Waals surface area contributed by atoms with Crippen LogP contribution in [-0.2, 0) is 6.42 Å². The second-order valence-electron chi connectivity index (χ2n) is 6.80. The van der Waals surface area contributed by atoms with E-state index in [1.54, 1.807) is 0 Å². The number of guanidine groups is 1. The van der Waals surface area contributed by atoms with E-state index in [2.05, 4.69) is 33.8 Å². The van der Waals surface area contributed by atoms with E-state index in [1.807, 2.05) is 13.0 Å². The topological polar surface area (TPSA) is 39.7 Å². The Hall–Kier alpha value is -1.76. The molecular formula is C18H25F3N4. The van der Waals surface area contributed by atoms with Gasteiger partial charge in [-0.2, -0.15) is 13.2 Å². The van der Waals surface area contributed by atoms with E-state index in [-0.39, 0.29) is 6.04 Å². The van der Waals surface area contributed by atoms with Crippen molar-refractivity contribution in [2.24, 2.45) is 4.99 Å². The number of likely N-dealkylation sites (tertiary alicyclic amines) is 1. The molecule has 1 aliphatic heterocycles. The predicted molar refractivity (Wildman–Crippen MR) is 92.9 cm³/mol. The first-order valence-corrected chi connectivity index (χ1v) is 8.86. The van der Waals surface area contributed by atoms with Crippen molar-refractivity contribution in [3.8, 4) is 0 Å². The number of alkyl halides is 3. The molecule has 1 aromatic carbocycles. The van der Waals surface area contributed by atoms with Gasteiger partial charge in [0.2, 0.25) is 0 Å². The molecule has 2 atom stereocenters. The van der Waals surface area contributed by atoms with E-state index in [4.69, 9.17) is 0 Å². The molecule has 2 aliphatic rings. The molecule has 2 N–H and O–H groups in total. The third kappa shape index (κ3) is 4.87. The maximum Gasteiger partial charge on any atom is 0.401 e. The third-order valence-corrected chi connectivity index (χ3v) is 4.79. The summed E-state index contributed by atoms with van der Waals surface area (Å²) in [6.45, 7) is 3.44. The molecule has 0 saturated carbocycles. The largest absolute Gasteiger partial charge is 0.401 e. The summed E-state index contributed by atoms with van der Waals surface area (Å²) in [6.07, 6.45) is -2.39. The van der Waals surface area contributed by atoms with Crippen molar-refractivity contribution in [1.29, 1.82) is 0 Å². The number of halogens is 3. The molecule has 2 unspecified atom stereocenters. The molecule has 0 bridgehead atoms. The highest BCUT2D eigenvalue weighted by molar-refractivity contribution is 5.80. The number of nitrogens with zero attached hydrogens (tertiary/aromatic N) is 2. The van der Waals surface area contributed by atoms with Crippen LogP contribution in [0.4, 0.5) is 13.2 Å². The van der Waals surface area contributed by atoms with Crippen molar-refractivity contribution in [2.75, 3.05) is 32.7 Å². The van der Waals surface area contributed by atoms with Gasteiger partial charge in [0.05, 0.1) is 6.54 Å². The molecule has 0 amide bonds. The van der Waals surface area contributed by atoms with Crippen LogP contribution in [0, 0.1) is 0 Å². The lowest BCUT2D eigenvalue weighted by atomic mass is 9.78. The van der Waals surface area contributed by atoms with Crippen LogP contribution in [0.25, 0.3) is 0 Å². The number of hydrogen-bond donors (Lipinski definition) is 2. The second kappa shape index (κ2) is 7.64. The van der Waals surface area contributed by atoms with E-state index >= 15 is 0 Å². The molecule has 25 heavy (non-hydrogen) atoms. The molecule has 1 saturated heterocycles. The van der Waals surface area contributed by atoms with E-state index < -0.39 is 12.7 Å². The van der Waals surface area contributed by atoms with Crippen molar-refractivity contribution in [3.05, 3.63) is 35.4 Å². The first kappa shape index (κ1) is 18.0. The summed E-state index contributed by atoms with van der Waals surface area (Å²) < 4.78 is 37.5. The minimum absolute atomic E-state index is 0.00817. The summed E-state index contributed by atoms with van der Waals surface area (Å²) in [6, 6.07) is 8.40. The number of rotatable bonds is 5. The maximum absolute atomic E-state index is 12.5. The zero-order valence-corrected chi connectivity index (χ0v) is 14.4. The van der Waals surface area contributed by atoms with Crippen molar-refractivity contribution in [1.82, 2.24) is 15.5 Å². The van der Waals surface area contributed by atoms with Gasteiger partial charge in [-0.1, -0.05) is 24.3 Å². The normalized spacial score (nSPS) is 23.9. The Morgan fingerprint density at radius 2 is 2.12 bits per heavy atom. The zero-order valence-electron chi connectivity index (χ0n) is 14.4. The summed E-state index contributed by atoms with van der Waals surface area (Å²) in [5.74, 6) is 1.14. The number of benzene rings is 1. The second-order valence-corrected chi connectivity index (χ2v) is 6.80. The Labute approximate surface area is 146 Å². The van der Waals surface area contributed by atoms with Gasteiger partial charge in [0.1, 0.15) is 0 Å². The fourth-order valence-electron chi connectivity index (χ4n) is 3.59. The van der Waals surface area contributed by atoms with Crippen LogP contribution in [0.15, 0.2) is 29.3 Å². The average molecular weight is 354 g/mol. The number of hydrogen-bond acceptors (Lipinski definition) is 2. The smallest absolute Gasteiger partial charge is 0.357 e. The molecule has 0 aromatic heterocycles. The molecule has 0 spiro atoms. The molecule has 7 heteroatoms. The lowest BCUT2D eigenvalue weighted by Gasteiger charge is -2.29. The summed E-state index contributed by atoms with van der Waals surface area (Å²) >= 11 is 0. The van der Waals surface area contributed by atoms with Gasteiger partial charge < -0.3 is 10.6 Å². The summed E-state index contributed by atoms with van der Waals surface area (Å²) in [5.41, 5.74) is 2.75. The van der Waals surface area contributed by atoms with Gasteiger partial charge in [0.25, 0.3) is 0 Å². The van der Waals surface area contributed by atoms with Crippen LogP contribution in [0.1, 0.15) is 30.4 Å². The highest BCUT2D eigenvalue weighted by Gasteiger charge is 2.34. The van der Waals surface area contributed by atoms with Crippen LogP contribution in [0.5, 0.6) is 0 Å². The Morgan fingerprint density at radius 3 is 2.84 bits per heavy atom. The predicted octanol–water partition coefficient (Wildman–Crippen LogP) is 2.52. The van der Waals surface area contributed by atoms with Crippen LogP contribution >= 0.6 is 0 Å². The third-order valence-electron chi connectivity index (χ3n) is 4.79. The van der Waals surface area contributed by atoms with Gasteiger partial charge in [-0.05, 0) is 30.9 Å². The minimum atomic E-state index is -4.13. The Kier molecular flexibility index (Phi) is 5.51. The standard InChI is InChI=1S/C18H25F3N4/c1-2-22-17(23-10-14-9-13-5-3-4-6-16(13)14)24-15-7-8-25(11-15)12-18(19,20)21/h3-6,14-15H,2,7-12H2,1H3,(H2,22,23,24). The number of aliphatic imine (C=N–C) groups is 1. The fraction of sp³-hybridized carbons (Fsp3) is 0.611. The first-order valence-electron chi connectivity index (χ1n) is 8.86. The highest BCUT2D eigenvalue weighted by Crippen LogP contribution is 2.34. The monoisotopic (exact) mass is 354 g/mol. The molecule has 1 aliphatic carbocycles. The lowest BCUT2D eigenvalue weighted by molar-refractivity contribution is -0.143. The highest BCUT2D eigenvalue weighted by atomic mass is 19.4. The molecule has 4 nitrogen and oxygen atoms in total. The van der Waals surface area contributed by atoms with Crippen LogP contribution in [0.2, 0.25) is 0 Å². The average Bonchev–Trinajstić information content (AvgIpc) is 2.93. The van der Waals surface area contributed by atoms with Gasteiger partial charge in [-0.3, -0.25) is 9.89 Å². The van der Waals surface area contributed by atoms with Gasteiger partial charge in [-0.25, -0.2) is 0 Å². The molecule has 1 aromatic rings. The summed E-state index contributed by atoms with van der Waals surface area (Å²) in [4.78, 5) is 6.10. The summed E-state index contributed by atoms with van der Waals surface area (Å²) in [7, 11) is 0. The maximum atomic E-state index is 12.5. The van der Waals surface area contributed by atoms with Gasteiger partial charge in [0.15, 0.2) is 5.96 Å². The molecule has 138 valence electrons. The van der Waals surface area contributed by atoms with Crippen molar-refractivity contribution in [2.45, 2.75) is 37.9 Å². The van der Waals surface area contributed by atoms with Crippen LogP contribution in [0.3, 0.4) is 0 Å². The van der Waals surface area contributed by atoms with E-state index in [1.165, 1.54) is 16.0 Å². The van der Waals surface area contributed by atoms with Crippen LogP contribution < -0.4 is 10.6 Å². The quantitative estimate of drug-likeness (QED) is 0.631. The van der Waals surface area contributed by atoms with Crippen LogP contribution in [-0.4, -0.2) is 55.8 Å². The molecule has 1 fully saturated rings. The van der Waals surface area contributed by atoms with Gasteiger partial charge >= 0.3 is 6.18 Å². The van der Waals surface area contributed by atoms with Crippen molar-refractivity contribution >= 4 is 5.96 Å². The van der Waals surface area contributed by atoms with Gasteiger partial charge in [-0.15, -0.1) is 0 Å². The summed E-state index contributed by atoms with van der Waals surface area (Å²) in [5, 5.41) is 6.49. The number of fused-ring (bicyclic) bond motifs is 1. The molecule has 3 rings (SSSR count). The SMILES string of the molecule is CCNC(=NCC1Cc2ccccc21)NC1CCN(CC(F)(F)F)C1. The van der Waals surface area contributed by atoms with Crippen molar-refractivity contribution < 1.29 is 13.2 Å². The van der Waals surface area contributed by atoms with E-state index in [9.17, 15) is 13.2 Å². The molecule has 0 radical (unpaired) electrons. The first-order chi connectivity index (χ1) is 11.9. The number of nitrogens with one attached hydrogen (secondary N) is 2. The fourth-order valence-corrected chi connectivity index (χ4v) is 3.59. The Morgan fingerprint density at radius 1 is 1.32 bits per heavy atom. The van der Waals surface area contributed by atoms with Crippen molar-refractivity contribution in [3.63, 3.8) is 0 Å². The molecular weight excluding hydrogens is 329 g/mol. The Balaban J connectivity index is 1.52. The zero-order chi connectivity index (χ0) is 17.9. The van der Waals surface area contributed by atoms with E-state index in [0.29, 0.717) is 37.9 Å². The Bertz CT molecular complexity index is 615.